The molecule has 0 saturated heterocycles. The summed E-state index contributed by atoms with van der Waals surface area (Å²) in [5, 5.41) is 4.10. The lowest BCUT2D eigenvalue weighted by Gasteiger charge is -2.12. The number of carbonyl (C=O) groups is 1. The van der Waals surface area contributed by atoms with Crippen molar-refractivity contribution in [1.29, 1.82) is 0 Å². The lowest BCUT2D eigenvalue weighted by Crippen LogP contribution is -2.17. The van der Waals surface area contributed by atoms with Gasteiger partial charge in [-0.05, 0) is 44.0 Å². The largest absolute Gasteiger partial charge is 0.292 e. The molecule has 0 bridgehead atoms. The lowest BCUT2D eigenvalue weighted by atomic mass is 10.0. The molecule has 3 nitrogen and oxygen atoms in total. The first-order valence-electron chi connectivity index (χ1n) is 5.70. The topological polar surface area (TPSA) is 34.9 Å². The molecule has 0 aliphatic carbocycles. The van der Waals surface area contributed by atoms with E-state index in [-0.39, 0.29) is 11.8 Å². The number of aromatic nitrogens is 2. The molecule has 0 radical (unpaired) electrons. The maximum atomic E-state index is 12.2. The van der Waals surface area contributed by atoms with Gasteiger partial charge < -0.3 is 0 Å². The van der Waals surface area contributed by atoms with Crippen molar-refractivity contribution in [3.8, 4) is 0 Å². The van der Waals surface area contributed by atoms with Gasteiger partial charge in [-0.2, -0.15) is 5.10 Å². The van der Waals surface area contributed by atoms with Crippen molar-refractivity contribution in [2.24, 2.45) is 0 Å². The molecule has 2 aromatic rings. The van der Waals surface area contributed by atoms with Crippen LogP contribution in [-0.2, 0) is 0 Å². The van der Waals surface area contributed by atoms with Crippen LogP contribution in [0.4, 0.5) is 0 Å². The van der Waals surface area contributed by atoms with Crippen LogP contribution in [0.2, 0.25) is 0 Å². The van der Waals surface area contributed by atoms with Gasteiger partial charge in [0, 0.05) is 18.0 Å². The minimum atomic E-state index is -0.257. The zero-order valence-electron chi connectivity index (χ0n) is 10.3. The number of ketones is 1. The first-order chi connectivity index (χ1) is 8.09. The van der Waals surface area contributed by atoms with Crippen LogP contribution in [0.5, 0.6) is 0 Å². The zero-order valence-corrected chi connectivity index (χ0v) is 10.3. The van der Waals surface area contributed by atoms with Crippen LogP contribution < -0.4 is 0 Å². The summed E-state index contributed by atoms with van der Waals surface area (Å²) >= 11 is 0. The summed E-state index contributed by atoms with van der Waals surface area (Å²) in [5.41, 5.74) is 3.09. The third-order valence-electron chi connectivity index (χ3n) is 3.09. The molecule has 1 atom stereocenters. The number of benzene rings is 1. The van der Waals surface area contributed by atoms with E-state index in [1.807, 2.05) is 51.2 Å². The number of hydrogen-bond acceptors (Lipinski definition) is 2. The number of hydrogen-bond donors (Lipinski definition) is 0. The predicted molar refractivity (Wildman–Crippen MR) is 67.2 cm³/mol. The number of Topliss-reactive ketones (excluding diaryl/α,β-unsaturated/α-hetero) is 1. The first-order valence-corrected chi connectivity index (χ1v) is 5.70. The molecule has 1 aromatic heterocycles. The summed E-state index contributed by atoms with van der Waals surface area (Å²) in [7, 11) is 0. The highest BCUT2D eigenvalue weighted by atomic mass is 16.1. The van der Waals surface area contributed by atoms with Crippen molar-refractivity contribution in [2.75, 3.05) is 0 Å². The van der Waals surface area contributed by atoms with E-state index in [1.165, 1.54) is 5.56 Å². The lowest BCUT2D eigenvalue weighted by molar-refractivity contribution is 0.0928. The van der Waals surface area contributed by atoms with Crippen LogP contribution in [0.25, 0.3) is 0 Å². The Morgan fingerprint density at radius 2 is 2.06 bits per heavy atom. The maximum Gasteiger partial charge on any atom is 0.187 e. The Kier molecular flexibility index (Phi) is 3.09. The molecule has 88 valence electrons. The van der Waals surface area contributed by atoms with Gasteiger partial charge in [-0.1, -0.05) is 12.1 Å². The van der Waals surface area contributed by atoms with E-state index < -0.39 is 0 Å². The third kappa shape index (κ3) is 2.28. The van der Waals surface area contributed by atoms with Gasteiger partial charge in [-0.15, -0.1) is 0 Å². The van der Waals surface area contributed by atoms with Crippen molar-refractivity contribution in [1.82, 2.24) is 9.78 Å². The van der Waals surface area contributed by atoms with Gasteiger partial charge in [0.15, 0.2) is 5.78 Å². The Morgan fingerprint density at radius 1 is 1.29 bits per heavy atom. The molecule has 1 heterocycles. The molecule has 0 aliphatic rings. The SMILES string of the molecule is Cc1ccc(C(=O)C(C)n2cccn2)cc1C. The van der Waals surface area contributed by atoms with Gasteiger partial charge >= 0.3 is 0 Å². The van der Waals surface area contributed by atoms with Crippen LogP contribution in [0, 0.1) is 13.8 Å². The van der Waals surface area contributed by atoms with E-state index >= 15 is 0 Å². The summed E-state index contributed by atoms with van der Waals surface area (Å²) in [6.07, 6.45) is 3.49. The van der Waals surface area contributed by atoms with Crippen LogP contribution in [0.3, 0.4) is 0 Å². The van der Waals surface area contributed by atoms with Crippen molar-refractivity contribution < 1.29 is 4.79 Å². The van der Waals surface area contributed by atoms with Crippen molar-refractivity contribution in [2.45, 2.75) is 26.8 Å². The van der Waals surface area contributed by atoms with Crippen LogP contribution in [-0.4, -0.2) is 15.6 Å². The maximum absolute atomic E-state index is 12.2. The Labute approximate surface area is 101 Å². The third-order valence-corrected chi connectivity index (χ3v) is 3.09. The highest BCUT2D eigenvalue weighted by molar-refractivity contribution is 5.98. The molecule has 1 unspecified atom stereocenters. The van der Waals surface area contributed by atoms with E-state index in [0.29, 0.717) is 0 Å². The fourth-order valence-corrected chi connectivity index (χ4v) is 1.77. The Balaban J connectivity index is 2.28. The Morgan fingerprint density at radius 3 is 2.65 bits per heavy atom. The average Bonchev–Trinajstić information content (AvgIpc) is 2.84. The van der Waals surface area contributed by atoms with Crippen LogP contribution in [0.1, 0.15) is 34.5 Å². The minimum absolute atomic E-state index is 0.0943. The average molecular weight is 228 g/mol. The number of aryl methyl sites for hydroxylation is 2. The number of nitrogens with zero attached hydrogens (tertiary/aromatic N) is 2. The molecular weight excluding hydrogens is 212 g/mol. The molecular formula is C14H16N2O. The molecule has 0 spiro atoms. The summed E-state index contributed by atoms with van der Waals surface area (Å²) in [4.78, 5) is 12.2. The highest BCUT2D eigenvalue weighted by Crippen LogP contribution is 2.16. The van der Waals surface area contributed by atoms with Gasteiger partial charge in [0.2, 0.25) is 0 Å². The molecule has 0 fully saturated rings. The fourth-order valence-electron chi connectivity index (χ4n) is 1.77. The van der Waals surface area contributed by atoms with E-state index in [1.54, 1.807) is 10.9 Å². The summed E-state index contributed by atoms with van der Waals surface area (Å²) in [5.74, 6) is 0.0943. The molecule has 2 rings (SSSR count). The monoisotopic (exact) mass is 228 g/mol. The van der Waals surface area contributed by atoms with Gasteiger partial charge in [0.05, 0.1) is 0 Å². The van der Waals surface area contributed by atoms with Crippen molar-refractivity contribution in [3.63, 3.8) is 0 Å². The molecule has 0 aliphatic heterocycles. The van der Waals surface area contributed by atoms with E-state index in [0.717, 1.165) is 11.1 Å². The van der Waals surface area contributed by atoms with E-state index in [9.17, 15) is 4.79 Å². The van der Waals surface area contributed by atoms with Gasteiger partial charge in [-0.25, -0.2) is 0 Å². The molecule has 0 amide bonds. The number of carbonyl (C=O) groups excluding carboxylic acids is 1. The Bertz CT molecular complexity index is 529. The molecule has 3 heteroatoms. The predicted octanol–water partition coefficient (Wildman–Crippen LogP) is 2.94. The summed E-state index contributed by atoms with van der Waals surface area (Å²) in [6.45, 7) is 5.93. The molecule has 1 aromatic carbocycles. The van der Waals surface area contributed by atoms with Gasteiger partial charge in [-0.3, -0.25) is 9.48 Å². The highest BCUT2D eigenvalue weighted by Gasteiger charge is 2.17. The minimum Gasteiger partial charge on any atom is -0.292 e. The van der Waals surface area contributed by atoms with Gasteiger partial charge in [0.25, 0.3) is 0 Å². The second-order valence-corrected chi connectivity index (χ2v) is 4.33. The van der Waals surface area contributed by atoms with Crippen LogP contribution >= 0.6 is 0 Å². The normalized spacial score (nSPS) is 12.4. The second kappa shape index (κ2) is 4.53. The smallest absolute Gasteiger partial charge is 0.187 e. The quantitative estimate of drug-likeness (QED) is 0.757. The number of rotatable bonds is 3. The zero-order chi connectivity index (χ0) is 12.4. The standard InChI is InChI=1S/C14H16N2O/c1-10-5-6-13(9-11(10)2)14(17)12(3)16-8-4-7-15-16/h4-9,12H,1-3H3. The summed E-state index contributed by atoms with van der Waals surface area (Å²) < 4.78 is 1.68. The molecule has 17 heavy (non-hydrogen) atoms. The summed E-state index contributed by atoms with van der Waals surface area (Å²) in [6, 6.07) is 7.37. The van der Waals surface area contributed by atoms with Crippen LogP contribution in [0.15, 0.2) is 36.7 Å². The van der Waals surface area contributed by atoms with E-state index in [4.69, 9.17) is 0 Å². The second-order valence-electron chi connectivity index (χ2n) is 4.33. The van der Waals surface area contributed by atoms with Crippen molar-refractivity contribution >= 4 is 5.78 Å². The van der Waals surface area contributed by atoms with Gasteiger partial charge in [0.1, 0.15) is 6.04 Å². The van der Waals surface area contributed by atoms with E-state index in [2.05, 4.69) is 5.10 Å². The first kappa shape index (κ1) is 11.6. The van der Waals surface area contributed by atoms with Crippen molar-refractivity contribution in [3.05, 3.63) is 53.3 Å². The molecule has 0 saturated carbocycles. The molecule has 0 N–H and O–H groups in total. The fraction of sp³-hybridized carbons (Fsp3) is 0.286. The Hall–Kier alpha value is -1.90.